The van der Waals surface area contributed by atoms with E-state index in [1.54, 1.807) is 24.5 Å². The Morgan fingerprint density at radius 1 is 1.07 bits per heavy atom. The van der Waals surface area contributed by atoms with Gasteiger partial charge in [-0.15, -0.1) is 0 Å². The number of hydrogen-bond donors (Lipinski definition) is 1. The third kappa shape index (κ3) is 2.74. The summed E-state index contributed by atoms with van der Waals surface area (Å²) in [7, 11) is 0. The van der Waals surface area contributed by atoms with Crippen LogP contribution in [0, 0.1) is 5.82 Å². The zero-order chi connectivity index (χ0) is 10.5. The fraction of sp³-hybridized carbons (Fsp3) is 0.0909. The Morgan fingerprint density at radius 3 is 2.40 bits per heavy atom. The second-order valence-corrected chi connectivity index (χ2v) is 3.11. The molecule has 0 amide bonds. The van der Waals surface area contributed by atoms with Gasteiger partial charge in [0, 0.05) is 6.54 Å². The topological polar surface area (TPSA) is 37.8 Å². The number of benzene rings is 1. The summed E-state index contributed by atoms with van der Waals surface area (Å²) in [5, 5.41) is 3.13. The molecule has 0 fully saturated rings. The van der Waals surface area contributed by atoms with Gasteiger partial charge in [-0.05, 0) is 17.7 Å². The van der Waals surface area contributed by atoms with Gasteiger partial charge in [-0.25, -0.2) is 14.4 Å². The van der Waals surface area contributed by atoms with Crippen molar-refractivity contribution in [3.63, 3.8) is 0 Å². The van der Waals surface area contributed by atoms with E-state index < -0.39 is 0 Å². The lowest BCUT2D eigenvalue weighted by molar-refractivity contribution is 0.627. The van der Waals surface area contributed by atoms with E-state index in [2.05, 4.69) is 15.3 Å². The molecule has 3 nitrogen and oxygen atoms in total. The van der Waals surface area contributed by atoms with Crippen LogP contribution < -0.4 is 5.32 Å². The lowest BCUT2D eigenvalue weighted by Crippen LogP contribution is -1.99. The second kappa shape index (κ2) is 4.50. The van der Waals surface area contributed by atoms with Gasteiger partial charge in [-0.2, -0.15) is 0 Å². The number of nitrogens with one attached hydrogen (secondary N) is 1. The first-order chi connectivity index (χ1) is 7.34. The van der Waals surface area contributed by atoms with Crippen LogP contribution in [-0.2, 0) is 6.54 Å². The number of nitrogens with zero attached hydrogens (tertiary/aromatic N) is 2. The molecule has 0 spiro atoms. The van der Waals surface area contributed by atoms with Crippen molar-refractivity contribution in [1.29, 1.82) is 0 Å². The van der Waals surface area contributed by atoms with Gasteiger partial charge < -0.3 is 5.32 Å². The van der Waals surface area contributed by atoms with Crippen molar-refractivity contribution in [2.75, 3.05) is 5.32 Å². The van der Waals surface area contributed by atoms with Crippen LogP contribution in [0.3, 0.4) is 0 Å². The van der Waals surface area contributed by atoms with E-state index in [0.717, 1.165) is 11.3 Å². The fourth-order valence-corrected chi connectivity index (χ4v) is 1.20. The molecule has 0 aliphatic carbocycles. The average Bonchev–Trinajstić information content (AvgIpc) is 2.30. The minimum atomic E-state index is -0.221. The largest absolute Gasteiger partial charge is 0.378 e. The minimum Gasteiger partial charge on any atom is -0.378 e. The zero-order valence-corrected chi connectivity index (χ0v) is 8.02. The lowest BCUT2D eigenvalue weighted by atomic mass is 10.2. The van der Waals surface area contributed by atoms with Crippen molar-refractivity contribution in [2.45, 2.75) is 6.54 Å². The normalized spacial score (nSPS) is 9.93. The molecule has 0 unspecified atom stereocenters. The first kappa shape index (κ1) is 9.58. The van der Waals surface area contributed by atoms with E-state index >= 15 is 0 Å². The molecule has 0 radical (unpaired) electrons. The third-order valence-corrected chi connectivity index (χ3v) is 1.97. The van der Waals surface area contributed by atoms with E-state index in [4.69, 9.17) is 0 Å². The van der Waals surface area contributed by atoms with Crippen LogP contribution >= 0.6 is 0 Å². The molecule has 0 aliphatic heterocycles. The first-order valence-corrected chi connectivity index (χ1v) is 4.58. The van der Waals surface area contributed by atoms with Gasteiger partial charge in [0.25, 0.3) is 0 Å². The monoisotopic (exact) mass is 203 g/mol. The van der Waals surface area contributed by atoms with Crippen molar-refractivity contribution >= 4 is 5.69 Å². The maximum atomic E-state index is 12.6. The van der Waals surface area contributed by atoms with E-state index in [0.29, 0.717) is 6.54 Å². The van der Waals surface area contributed by atoms with Gasteiger partial charge >= 0.3 is 0 Å². The SMILES string of the molecule is Fc1ccc(CNc2cncnc2)cc1. The predicted octanol–water partition coefficient (Wildman–Crippen LogP) is 2.23. The van der Waals surface area contributed by atoms with Crippen LogP contribution in [0.15, 0.2) is 43.0 Å². The molecule has 15 heavy (non-hydrogen) atoms. The second-order valence-electron chi connectivity index (χ2n) is 3.11. The maximum Gasteiger partial charge on any atom is 0.123 e. The zero-order valence-electron chi connectivity index (χ0n) is 8.02. The maximum absolute atomic E-state index is 12.6. The summed E-state index contributed by atoms with van der Waals surface area (Å²) in [6.07, 6.45) is 4.86. The fourth-order valence-electron chi connectivity index (χ4n) is 1.20. The Bertz CT molecular complexity index is 414. The molecule has 1 aromatic heterocycles. The number of anilines is 1. The third-order valence-electron chi connectivity index (χ3n) is 1.97. The first-order valence-electron chi connectivity index (χ1n) is 4.58. The summed E-state index contributed by atoms with van der Waals surface area (Å²) >= 11 is 0. The molecule has 2 aromatic rings. The Balaban J connectivity index is 1.96. The Labute approximate surface area is 87.0 Å². The number of hydrogen-bond acceptors (Lipinski definition) is 3. The molecule has 1 aromatic carbocycles. The summed E-state index contributed by atoms with van der Waals surface area (Å²) in [6.45, 7) is 0.633. The molecule has 0 saturated heterocycles. The van der Waals surface area contributed by atoms with Crippen LogP contribution in [-0.4, -0.2) is 9.97 Å². The van der Waals surface area contributed by atoms with Crippen LogP contribution in [0.4, 0.5) is 10.1 Å². The molecule has 0 bridgehead atoms. The highest BCUT2D eigenvalue weighted by Crippen LogP contribution is 2.06. The van der Waals surface area contributed by atoms with Crippen molar-refractivity contribution in [2.24, 2.45) is 0 Å². The average molecular weight is 203 g/mol. The van der Waals surface area contributed by atoms with E-state index in [-0.39, 0.29) is 5.82 Å². The van der Waals surface area contributed by atoms with Crippen molar-refractivity contribution in [1.82, 2.24) is 9.97 Å². The highest BCUT2D eigenvalue weighted by molar-refractivity contribution is 5.38. The summed E-state index contributed by atoms with van der Waals surface area (Å²) < 4.78 is 12.6. The molecule has 0 saturated carbocycles. The standard InChI is InChI=1S/C11H10FN3/c12-10-3-1-9(2-4-10)5-15-11-6-13-8-14-7-11/h1-4,6-8,15H,5H2. The number of halogens is 1. The summed E-state index contributed by atoms with van der Waals surface area (Å²) in [6, 6.07) is 6.37. The molecule has 2 rings (SSSR count). The van der Waals surface area contributed by atoms with Gasteiger partial charge in [0.1, 0.15) is 12.1 Å². The summed E-state index contributed by atoms with van der Waals surface area (Å²) in [5.41, 5.74) is 1.86. The quantitative estimate of drug-likeness (QED) is 0.831. The van der Waals surface area contributed by atoms with Gasteiger partial charge in [0.05, 0.1) is 18.1 Å². The lowest BCUT2D eigenvalue weighted by Gasteiger charge is -2.04. The molecule has 1 N–H and O–H groups in total. The molecule has 1 heterocycles. The smallest absolute Gasteiger partial charge is 0.123 e. The number of rotatable bonds is 3. The van der Waals surface area contributed by atoms with Gasteiger partial charge in [-0.1, -0.05) is 12.1 Å². The van der Waals surface area contributed by atoms with Gasteiger partial charge in [0.2, 0.25) is 0 Å². The van der Waals surface area contributed by atoms with Gasteiger partial charge in [-0.3, -0.25) is 0 Å². The molecule has 0 aliphatic rings. The predicted molar refractivity (Wildman–Crippen MR) is 55.8 cm³/mol. The van der Waals surface area contributed by atoms with Gasteiger partial charge in [0.15, 0.2) is 0 Å². The highest BCUT2D eigenvalue weighted by Gasteiger charge is 1.94. The molecule has 76 valence electrons. The van der Waals surface area contributed by atoms with E-state index in [1.165, 1.54) is 18.5 Å². The van der Waals surface area contributed by atoms with Crippen molar-refractivity contribution < 1.29 is 4.39 Å². The van der Waals surface area contributed by atoms with Crippen molar-refractivity contribution in [3.8, 4) is 0 Å². The summed E-state index contributed by atoms with van der Waals surface area (Å²) in [5.74, 6) is -0.221. The molecule has 0 atom stereocenters. The Morgan fingerprint density at radius 2 is 1.73 bits per heavy atom. The van der Waals surface area contributed by atoms with Crippen LogP contribution in [0.25, 0.3) is 0 Å². The van der Waals surface area contributed by atoms with Crippen LogP contribution in [0.2, 0.25) is 0 Å². The molecular weight excluding hydrogens is 193 g/mol. The summed E-state index contributed by atoms with van der Waals surface area (Å²) in [4.78, 5) is 7.75. The Kier molecular flexibility index (Phi) is 2.88. The highest BCUT2D eigenvalue weighted by atomic mass is 19.1. The number of aromatic nitrogens is 2. The van der Waals surface area contributed by atoms with Crippen LogP contribution in [0.5, 0.6) is 0 Å². The van der Waals surface area contributed by atoms with Crippen LogP contribution in [0.1, 0.15) is 5.56 Å². The van der Waals surface area contributed by atoms with E-state index in [9.17, 15) is 4.39 Å². The van der Waals surface area contributed by atoms with Crippen molar-refractivity contribution in [3.05, 3.63) is 54.4 Å². The van der Waals surface area contributed by atoms with E-state index in [1.807, 2.05) is 0 Å². The minimum absolute atomic E-state index is 0.221. The Hall–Kier alpha value is -1.97. The molecule has 4 heteroatoms. The molecular formula is C11H10FN3.